The van der Waals surface area contributed by atoms with E-state index in [2.05, 4.69) is 0 Å². The standard InChI is InChI=1S/C22H16Cl3F6NO3/c1-2-14(33)6-4-11-3-5-13(9-15(11)21(26,27)28)32-10-20(22(29,30)31,35-19(32)34)12-7-16(23)18(25)17(24)8-12/h3,5,7-9H,2,4,6,10H2,1H3. The Morgan fingerprint density at radius 1 is 1.06 bits per heavy atom. The van der Waals surface area contributed by atoms with Gasteiger partial charge in [0.05, 0.1) is 27.2 Å². The Kier molecular flexibility index (Phi) is 7.60. The van der Waals surface area contributed by atoms with E-state index < -0.39 is 47.4 Å². The van der Waals surface area contributed by atoms with Crippen molar-refractivity contribution in [2.24, 2.45) is 0 Å². The minimum atomic E-state index is -5.19. The molecular weight excluding hydrogens is 547 g/mol. The molecule has 0 aromatic heterocycles. The van der Waals surface area contributed by atoms with Crippen molar-refractivity contribution in [2.45, 2.75) is 44.1 Å². The van der Waals surface area contributed by atoms with Crippen LogP contribution in [-0.2, 0) is 27.7 Å². The van der Waals surface area contributed by atoms with Crippen molar-refractivity contribution in [3.63, 3.8) is 0 Å². The van der Waals surface area contributed by atoms with Gasteiger partial charge in [-0.25, -0.2) is 4.79 Å². The molecule has 1 aliphatic rings. The number of Topliss-reactive ketones (excluding diaryl/α,β-unsaturated/α-hetero) is 1. The van der Waals surface area contributed by atoms with E-state index in [4.69, 9.17) is 39.5 Å². The number of hydrogen-bond donors (Lipinski definition) is 0. The predicted octanol–water partition coefficient (Wildman–Crippen LogP) is 7.99. The van der Waals surface area contributed by atoms with Gasteiger partial charge in [-0.15, -0.1) is 0 Å². The van der Waals surface area contributed by atoms with Crippen molar-refractivity contribution >= 4 is 52.4 Å². The molecule has 0 N–H and O–H groups in total. The van der Waals surface area contributed by atoms with Crippen LogP contribution in [0.15, 0.2) is 30.3 Å². The minimum absolute atomic E-state index is 0.139. The van der Waals surface area contributed by atoms with Crippen LogP contribution in [0.1, 0.15) is 36.5 Å². The molecule has 0 bridgehead atoms. The summed E-state index contributed by atoms with van der Waals surface area (Å²) in [5, 5.41) is -0.891. The van der Waals surface area contributed by atoms with Gasteiger partial charge in [0, 0.05) is 24.1 Å². The van der Waals surface area contributed by atoms with Gasteiger partial charge >= 0.3 is 18.4 Å². The van der Waals surface area contributed by atoms with Gasteiger partial charge in [-0.05, 0) is 36.2 Å². The summed E-state index contributed by atoms with van der Waals surface area (Å²) < 4.78 is 88.6. The number of nitrogens with zero attached hydrogens (tertiary/aromatic N) is 1. The first kappa shape index (κ1) is 27.4. The van der Waals surface area contributed by atoms with E-state index in [1.807, 2.05) is 0 Å². The van der Waals surface area contributed by atoms with Gasteiger partial charge in [-0.2, -0.15) is 26.3 Å². The Morgan fingerprint density at radius 2 is 1.66 bits per heavy atom. The molecule has 0 spiro atoms. The maximum absolute atomic E-state index is 14.2. The van der Waals surface area contributed by atoms with Crippen LogP contribution in [0.3, 0.4) is 0 Å². The van der Waals surface area contributed by atoms with Crippen LogP contribution >= 0.6 is 34.8 Å². The van der Waals surface area contributed by atoms with Crippen LogP contribution in [0.4, 0.5) is 36.8 Å². The molecule has 0 aliphatic carbocycles. The summed E-state index contributed by atoms with van der Waals surface area (Å²) in [7, 11) is 0. The molecule has 2 aromatic rings. The number of hydrogen-bond acceptors (Lipinski definition) is 3. The van der Waals surface area contributed by atoms with Crippen molar-refractivity contribution in [3.05, 3.63) is 62.1 Å². The lowest BCUT2D eigenvalue weighted by Gasteiger charge is -2.30. The van der Waals surface area contributed by atoms with Gasteiger partial charge in [0.2, 0.25) is 0 Å². The molecule has 35 heavy (non-hydrogen) atoms. The van der Waals surface area contributed by atoms with E-state index in [1.54, 1.807) is 6.92 Å². The molecule has 1 amide bonds. The fourth-order valence-corrected chi connectivity index (χ4v) is 4.23. The number of alkyl halides is 6. The van der Waals surface area contributed by atoms with Crippen LogP contribution in [0.5, 0.6) is 0 Å². The molecule has 1 saturated heterocycles. The molecule has 190 valence electrons. The average molecular weight is 563 g/mol. The third kappa shape index (κ3) is 5.34. The predicted molar refractivity (Wildman–Crippen MR) is 118 cm³/mol. The molecular formula is C22H16Cl3F6NO3. The van der Waals surface area contributed by atoms with E-state index >= 15 is 0 Å². The van der Waals surface area contributed by atoms with Gasteiger partial charge < -0.3 is 4.74 Å². The number of carbonyl (C=O) groups is 2. The first-order valence-corrected chi connectivity index (χ1v) is 11.2. The summed E-state index contributed by atoms with van der Waals surface area (Å²) in [4.78, 5) is 24.5. The molecule has 2 aromatic carbocycles. The Hall–Kier alpha value is -2.17. The second-order valence-electron chi connectivity index (χ2n) is 7.76. The first-order valence-electron chi connectivity index (χ1n) is 10.0. The van der Waals surface area contributed by atoms with Crippen LogP contribution in [0, 0.1) is 0 Å². The van der Waals surface area contributed by atoms with Crippen molar-refractivity contribution in [1.29, 1.82) is 0 Å². The van der Waals surface area contributed by atoms with E-state index in [9.17, 15) is 35.9 Å². The number of ketones is 1. The summed E-state index contributed by atoms with van der Waals surface area (Å²) in [6.45, 7) is 0.373. The van der Waals surface area contributed by atoms with Gasteiger partial charge in [0.15, 0.2) is 0 Å². The molecule has 1 unspecified atom stereocenters. The zero-order chi connectivity index (χ0) is 26.3. The third-order valence-electron chi connectivity index (χ3n) is 5.55. The first-order chi connectivity index (χ1) is 16.1. The number of anilines is 1. The number of halogens is 9. The number of carbonyl (C=O) groups excluding carboxylic acids is 2. The SMILES string of the molecule is CCC(=O)CCc1ccc(N2CC(c3cc(Cl)c(Cl)c(Cl)c3)(C(F)(F)F)OC2=O)cc1C(F)(F)F. The highest BCUT2D eigenvalue weighted by atomic mass is 35.5. The lowest BCUT2D eigenvalue weighted by Crippen LogP contribution is -2.46. The number of ether oxygens (including phenoxy) is 1. The highest BCUT2D eigenvalue weighted by molar-refractivity contribution is 6.48. The molecule has 1 fully saturated rings. The zero-order valence-electron chi connectivity index (χ0n) is 17.8. The number of amides is 1. The van der Waals surface area contributed by atoms with Crippen LogP contribution in [0.2, 0.25) is 15.1 Å². The van der Waals surface area contributed by atoms with E-state index in [-0.39, 0.29) is 45.7 Å². The van der Waals surface area contributed by atoms with Gasteiger partial charge in [-0.3, -0.25) is 9.69 Å². The summed E-state index contributed by atoms with van der Waals surface area (Å²) in [5.74, 6) is -0.249. The monoisotopic (exact) mass is 561 g/mol. The largest absolute Gasteiger partial charge is 0.434 e. The van der Waals surface area contributed by atoms with Crippen molar-refractivity contribution in [1.82, 2.24) is 0 Å². The lowest BCUT2D eigenvalue weighted by molar-refractivity contribution is -0.250. The Balaban J connectivity index is 2.06. The quantitative estimate of drug-likeness (QED) is 0.265. The van der Waals surface area contributed by atoms with Gasteiger partial charge in [0.1, 0.15) is 5.78 Å². The number of aryl methyl sites for hydroxylation is 1. The number of rotatable bonds is 6. The van der Waals surface area contributed by atoms with E-state index in [0.717, 1.165) is 24.3 Å². The van der Waals surface area contributed by atoms with E-state index in [1.165, 1.54) is 0 Å². The Morgan fingerprint density at radius 3 is 2.17 bits per heavy atom. The van der Waals surface area contributed by atoms with Crippen molar-refractivity contribution in [3.8, 4) is 0 Å². The maximum Gasteiger partial charge on any atom is 0.434 e. The second kappa shape index (κ2) is 9.71. The maximum atomic E-state index is 14.2. The molecule has 13 heteroatoms. The second-order valence-corrected chi connectivity index (χ2v) is 8.96. The molecule has 4 nitrogen and oxygen atoms in total. The number of cyclic esters (lactones) is 1. The minimum Gasteiger partial charge on any atom is -0.426 e. The Labute approximate surface area is 210 Å². The topological polar surface area (TPSA) is 46.6 Å². The van der Waals surface area contributed by atoms with Crippen LogP contribution < -0.4 is 4.90 Å². The molecule has 1 atom stereocenters. The summed E-state index contributed by atoms with van der Waals surface area (Å²) >= 11 is 17.5. The summed E-state index contributed by atoms with van der Waals surface area (Å²) in [6, 6.07) is 4.31. The molecule has 3 rings (SSSR count). The Bertz CT molecular complexity index is 1150. The summed E-state index contributed by atoms with van der Waals surface area (Å²) in [6.07, 6.45) is -11.8. The smallest absolute Gasteiger partial charge is 0.426 e. The highest BCUT2D eigenvalue weighted by Crippen LogP contribution is 2.50. The molecule has 1 aliphatic heterocycles. The number of benzene rings is 2. The van der Waals surface area contributed by atoms with Crippen molar-refractivity contribution < 1.29 is 40.7 Å². The average Bonchev–Trinajstić information content (AvgIpc) is 3.13. The van der Waals surface area contributed by atoms with E-state index in [0.29, 0.717) is 11.0 Å². The molecule has 0 saturated carbocycles. The molecule has 1 heterocycles. The fourth-order valence-electron chi connectivity index (χ4n) is 3.64. The zero-order valence-corrected chi connectivity index (χ0v) is 20.1. The normalized spacial score (nSPS) is 18.7. The third-order valence-corrected chi connectivity index (χ3v) is 6.75. The van der Waals surface area contributed by atoms with Gasteiger partial charge in [-0.1, -0.05) is 47.8 Å². The fraction of sp³-hybridized carbons (Fsp3) is 0.364. The molecule has 0 radical (unpaired) electrons. The van der Waals surface area contributed by atoms with Gasteiger partial charge in [0.25, 0.3) is 5.60 Å². The van der Waals surface area contributed by atoms with Crippen LogP contribution in [0.25, 0.3) is 0 Å². The lowest BCUT2D eigenvalue weighted by atomic mass is 9.92. The van der Waals surface area contributed by atoms with Crippen LogP contribution in [-0.4, -0.2) is 24.6 Å². The highest BCUT2D eigenvalue weighted by Gasteiger charge is 2.65. The summed E-state index contributed by atoms with van der Waals surface area (Å²) in [5.41, 5.74) is -5.79. The van der Waals surface area contributed by atoms with Crippen molar-refractivity contribution in [2.75, 3.05) is 11.4 Å².